The predicted molar refractivity (Wildman–Crippen MR) is 191 cm³/mol. The molecular weight excluding hydrogens is 900 g/mol. The minimum atomic E-state index is -2.21. The molecule has 5 heterocycles. The molecule has 15 N–H and O–H groups in total. The first kappa shape index (κ1) is 53.8. The van der Waals surface area contributed by atoms with Crippen LogP contribution in [0.4, 0.5) is 0 Å². The highest BCUT2D eigenvalue weighted by molar-refractivity contribution is 5.68. The Morgan fingerprint density at radius 1 is 0.431 bits per heavy atom. The molecule has 5 aliphatic heterocycles. The van der Waals surface area contributed by atoms with Gasteiger partial charge in [-0.25, -0.2) is 4.79 Å². The summed E-state index contributed by atoms with van der Waals surface area (Å²) in [6, 6.07) is 0. The van der Waals surface area contributed by atoms with Gasteiger partial charge in [0.1, 0.15) is 129 Å². The van der Waals surface area contributed by atoms with E-state index >= 15 is 0 Å². The number of aliphatic hydroxyl groups excluding tert-OH is 14. The number of aliphatic hydroxyl groups is 14. The van der Waals surface area contributed by atoms with E-state index in [1.165, 1.54) is 0 Å². The number of carboxylic acid groups (broad SMARTS) is 2. The lowest BCUT2D eigenvalue weighted by molar-refractivity contribution is -0.393. The molecule has 0 radical (unpaired) electrons. The van der Waals surface area contributed by atoms with Crippen molar-refractivity contribution in [2.24, 2.45) is 0 Å². The Balaban J connectivity index is 1.27. The molecule has 0 bridgehead atoms. The van der Waals surface area contributed by atoms with Crippen molar-refractivity contribution < 1.29 is 148 Å². The quantitative estimate of drug-likeness (QED) is 0.0539. The molecule has 0 saturated carbocycles. The van der Waals surface area contributed by atoms with E-state index in [0.29, 0.717) is 0 Å². The summed E-state index contributed by atoms with van der Waals surface area (Å²) in [5, 5.41) is 170. The van der Waals surface area contributed by atoms with Crippen LogP contribution in [0.15, 0.2) is 0 Å². The minimum absolute atomic E-state index is 0.619. The van der Waals surface area contributed by atoms with Crippen LogP contribution < -0.4 is 5.11 Å². The first-order valence-electron chi connectivity index (χ1n) is 20.1. The molecule has 0 aromatic rings. The molecule has 0 amide bonds. The highest BCUT2D eigenvalue weighted by atomic mass is 16.8. The second kappa shape index (κ2) is 24.0. The summed E-state index contributed by atoms with van der Waals surface area (Å²) in [6.45, 7) is -6.11. The van der Waals surface area contributed by atoms with Crippen molar-refractivity contribution in [3.63, 3.8) is 0 Å². The van der Waals surface area contributed by atoms with Gasteiger partial charge >= 0.3 is 5.97 Å². The van der Waals surface area contributed by atoms with Crippen LogP contribution in [-0.2, 0) is 66.4 Å². The SMILES string of the molecule is CO[C@@H]1OC(CO)[C@@H](O[C@@H]2OC(CO)[C@@H](O[C@@H]3OC(COCC(=O)[O-])[C@@H](O[C@@H]4OC(CO)[C@@H](O[C@@H]5OC(COCC(=O)O)[C@@H](O)C(O)C5O)C(O)C4O)C(O)C3O)C(O)C2O)C(O)C1O. The molecular formula is C35H57O30-. The van der Waals surface area contributed by atoms with E-state index in [9.17, 15) is 86.2 Å². The molecule has 65 heavy (non-hydrogen) atoms. The third-order valence-corrected chi connectivity index (χ3v) is 11.2. The monoisotopic (exact) mass is 957 g/mol. The van der Waals surface area contributed by atoms with Crippen LogP contribution in [0.25, 0.3) is 0 Å². The Morgan fingerprint density at radius 2 is 0.738 bits per heavy atom. The molecule has 378 valence electrons. The molecule has 30 heteroatoms. The Labute approximate surface area is 367 Å². The average Bonchev–Trinajstić information content (AvgIpc) is 3.27. The van der Waals surface area contributed by atoms with E-state index in [1.807, 2.05) is 0 Å². The van der Waals surface area contributed by atoms with E-state index in [4.69, 9.17) is 61.9 Å². The number of hydrogen-bond donors (Lipinski definition) is 15. The molecule has 5 fully saturated rings. The maximum Gasteiger partial charge on any atom is 0.329 e. The van der Waals surface area contributed by atoms with Gasteiger partial charge in [-0.15, -0.1) is 0 Å². The van der Waals surface area contributed by atoms with Crippen LogP contribution in [0.5, 0.6) is 0 Å². The number of aliphatic carboxylic acids is 2. The average molecular weight is 958 g/mol. The smallest absolute Gasteiger partial charge is 0.329 e. The second-order valence-corrected chi connectivity index (χ2v) is 15.6. The molecule has 5 saturated heterocycles. The van der Waals surface area contributed by atoms with Crippen LogP contribution >= 0.6 is 0 Å². The van der Waals surface area contributed by atoms with Gasteiger partial charge in [0.2, 0.25) is 0 Å². The summed E-state index contributed by atoms with van der Waals surface area (Å²) < 4.78 is 65.2. The van der Waals surface area contributed by atoms with Crippen LogP contribution in [0, 0.1) is 0 Å². The topological polar surface area (TPSA) is 471 Å². The lowest BCUT2D eigenvalue weighted by Gasteiger charge is -2.49. The Bertz CT molecular complexity index is 1480. The van der Waals surface area contributed by atoms with Gasteiger partial charge in [0.05, 0.1) is 45.6 Å². The van der Waals surface area contributed by atoms with Gasteiger partial charge in [-0.1, -0.05) is 0 Å². The summed E-state index contributed by atoms with van der Waals surface area (Å²) in [5.74, 6) is -3.09. The number of rotatable bonds is 20. The van der Waals surface area contributed by atoms with Crippen molar-refractivity contribution in [2.45, 2.75) is 154 Å². The molecule has 30 nitrogen and oxygen atoms in total. The maximum atomic E-state index is 11.4. The van der Waals surface area contributed by atoms with E-state index in [1.54, 1.807) is 0 Å². The van der Waals surface area contributed by atoms with Gasteiger partial charge in [0.15, 0.2) is 31.5 Å². The molecule has 15 unspecified atom stereocenters. The highest BCUT2D eigenvalue weighted by Gasteiger charge is 2.56. The van der Waals surface area contributed by atoms with Crippen molar-refractivity contribution in [3.05, 3.63) is 0 Å². The van der Waals surface area contributed by atoms with E-state index in [2.05, 4.69) is 0 Å². The molecule has 0 aromatic carbocycles. The molecule has 0 aliphatic carbocycles. The van der Waals surface area contributed by atoms with E-state index in [0.717, 1.165) is 7.11 Å². The van der Waals surface area contributed by atoms with Crippen molar-refractivity contribution in [1.82, 2.24) is 0 Å². The third kappa shape index (κ3) is 12.4. The molecule has 0 spiro atoms. The highest BCUT2D eigenvalue weighted by Crippen LogP contribution is 2.36. The van der Waals surface area contributed by atoms with E-state index < -0.39 is 212 Å². The first-order valence-corrected chi connectivity index (χ1v) is 20.1. The summed E-state index contributed by atoms with van der Waals surface area (Å²) >= 11 is 0. The molecule has 5 rings (SSSR count). The standard InChI is InChI=1S/C35H58O30/c1-54-31-23(50)18(45)27(9(2-36)57-31)63-33-24(51)19(46)29(11(4-38)58-33)64-35-26(53)21(48)30(13(61-35)6-56-8-15(41)42)65-34-25(52)20(47)28(10(3-37)59-34)62-32-22(49)17(44)16(43)12(60-32)5-55-7-14(39)40/h9-13,16-38,43-53H,2-8H2,1H3,(H,39,40)(H,41,42)/p-1/t9?,10?,11?,12?,13?,16-,17?,18?,19?,20?,21?,22?,23?,24?,25?,26?,27-,28-,29-,30-,31-,32+,33+,34+,35+/m1/s1. The lowest BCUT2D eigenvalue weighted by Crippen LogP contribution is -2.68. The van der Waals surface area contributed by atoms with Crippen LogP contribution in [0.1, 0.15) is 0 Å². The third-order valence-electron chi connectivity index (χ3n) is 11.2. The number of ether oxygens (including phenoxy) is 12. The fourth-order valence-electron chi connectivity index (χ4n) is 7.71. The van der Waals surface area contributed by atoms with Crippen LogP contribution in [0.3, 0.4) is 0 Å². The Hall–Kier alpha value is -2.10. The van der Waals surface area contributed by atoms with Gasteiger partial charge in [0.25, 0.3) is 0 Å². The van der Waals surface area contributed by atoms with Crippen molar-refractivity contribution in [1.29, 1.82) is 0 Å². The van der Waals surface area contributed by atoms with Crippen LogP contribution in [0.2, 0.25) is 0 Å². The lowest BCUT2D eigenvalue weighted by atomic mass is 9.95. The first-order chi connectivity index (χ1) is 30.8. The van der Waals surface area contributed by atoms with Crippen LogP contribution in [-0.4, -0.2) is 295 Å². The molecule has 25 atom stereocenters. The fraction of sp³-hybridized carbons (Fsp3) is 0.943. The minimum Gasteiger partial charge on any atom is -0.548 e. The van der Waals surface area contributed by atoms with Gasteiger partial charge in [-0.05, 0) is 0 Å². The number of hydrogen-bond acceptors (Lipinski definition) is 29. The van der Waals surface area contributed by atoms with E-state index in [-0.39, 0.29) is 0 Å². The number of methoxy groups -OCH3 is 1. The van der Waals surface area contributed by atoms with Gasteiger partial charge in [0, 0.05) is 7.11 Å². The van der Waals surface area contributed by atoms with Gasteiger partial charge < -0.3 is 143 Å². The zero-order valence-corrected chi connectivity index (χ0v) is 34.2. The zero-order valence-electron chi connectivity index (χ0n) is 34.2. The normalized spacial score (nSPS) is 47.3. The summed E-state index contributed by atoms with van der Waals surface area (Å²) in [4.78, 5) is 22.0. The van der Waals surface area contributed by atoms with Gasteiger partial charge in [-0.3, -0.25) is 0 Å². The second-order valence-electron chi connectivity index (χ2n) is 15.6. The summed E-state index contributed by atoms with van der Waals surface area (Å²) in [6.07, 6.45) is -46.6. The largest absolute Gasteiger partial charge is 0.548 e. The number of carbonyl (C=O) groups excluding carboxylic acids is 1. The predicted octanol–water partition coefficient (Wildman–Crippen LogP) is -12.4. The van der Waals surface area contributed by atoms with Crippen molar-refractivity contribution in [3.8, 4) is 0 Å². The fourth-order valence-corrected chi connectivity index (χ4v) is 7.71. The zero-order chi connectivity index (χ0) is 48.0. The van der Waals surface area contributed by atoms with Gasteiger partial charge in [-0.2, -0.15) is 0 Å². The maximum absolute atomic E-state index is 11.4. The summed E-state index contributed by atoms with van der Waals surface area (Å²) in [7, 11) is 1.16. The number of carboxylic acids is 2. The molecule has 5 aliphatic rings. The van der Waals surface area contributed by atoms with Crippen molar-refractivity contribution in [2.75, 3.05) is 53.4 Å². The van der Waals surface area contributed by atoms with Crippen molar-refractivity contribution >= 4 is 11.9 Å². The summed E-state index contributed by atoms with van der Waals surface area (Å²) in [5.41, 5.74) is 0. The number of carbonyl (C=O) groups is 2. The molecule has 0 aromatic heterocycles. The Morgan fingerprint density at radius 3 is 1.11 bits per heavy atom. The Kier molecular flexibility index (Phi) is 19.8.